The number of para-hydroxylation sites is 1. The van der Waals surface area contributed by atoms with E-state index < -0.39 is 0 Å². The lowest BCUT2D eigenvalue weighted by Crippen LogP contribution is -1.92. The van der Waals surface area contributed by atoms with E-state index >= 15 is 0 Å². The van der Waals surface area contributed by atoms with E-state index in [1.807, 2.05) is 30.3 Å². The molecule has 0 aliphatic heterocycles. The Kier molecular flexibility index (Phi) is 2.94. The molecule has 20 heavy (non-hydrogen) atoms. The summed E-state index contributed by atoms with van der Waals surface area (Å²) >= 11 is 0. The van der Waals surface area contributed by atoms with Crippen molar-refractivity contribution in [1.29, 1.82) is 5.26 Å². The summed E-state index contributed by atoms with van der Waals surface area (Å²) in [7, 11) is 0. The maximum Gasteiger partial charge on any atom is 0.146 e. The highest BCUT2D eigenvalue weighted by molar-refractivity contribution is 5.79. The first-order chi connectivity index (χ1) is 9.76. The fraction of sp³-hybridized carbons (Fsp3) is 0. The lowest BCUT2D eigenvalue weighted by atomic mass is 10.2. The van der Waals surface area contributed by atoms with Gasteiger partial charge in [0.25, 0.3) is 0 Å². The zero-order valence-electron chi connectivity index (χ0n) is 10.6. The Morgan fingerprint density at radius 3 is 2.80 bits per heavy atom. The Hall–Kier alpha value is -3.06. The number of hydrogen-bond donors (Lipinski definition) is 1. The fourth-order valence-electron chi connectivity index (χ4n) is 1.96. The van der Waals surface area contributed by atoms with Crippen LogP contribution in [0.1, 0.15) is 5.56 Å². The summed E-state index contributed by atoms with van der Waals surface area (Å²) in [6.07, 6.45) is 1.64. The molecule has 1 heterocycles. The molecule has 4 heteroatoms. The first kappa shape index (κ1) is 12.0. The fourth-order valence-corrected chi connectivity index (χ4v) is 1.96. The molecule has 3 rings (SSSR count). The van der Waals surface area contributed by atoms with Crippen LogP contribution >= 0.6 is 0 Å². The molecule has 0 fully saturated rings. The molecule has 2 N–H and O–H groups in total. The molecule has 2 aromatic carbocycles. The van der Waals surface area contributed by atoms with E-state index in [0.29, 0.717) is 22.7 Å². The summed E-state index contributed by atoms with van der Waals surface area (Å²) in [5.41, 5.74) is 7.49. The lowest BCUT2D eigenvalue weighted by molar-refractivity contribution is 0.480. The number of rotatable bonds is 2. The van der Waals surface area contributed by atoms with Gasteiger partial charge in [0.2, 0.25) is 0 Å². The lowest BCUT2D eigenvalue weighted by Gasteiger charge is -2.08. The molecule has 1 aromatic heterocycles. The molecule has 0 saturated carbocycles. The normalized spacial score (nSPS) is 10.2. The molecule has 0 amide bonds. The van der Waals surface area contributed by atoms with Gasteiger partial charge in [-0.2, -0.15) is 5.26 Å². The van der Waals surface area contributed by atoms with Gasteiger partial charge in [-0.1, -0.05) is 18.2 Å². The number of pyridine rings is 1. The van der Waals surface area contributed by atoms with Gasteiger partial charge in [-0.3, -0.25) is 4.98 Å². The Labute approximate surface area is 116 Å². The number of nitriles is 1. The largest absolute Gasteiger partial charge is 0.454 e. The molecule has 3 aromatic rings. The van der Waals surface area contributed by atoms with Crippen molar-refractivity contribution in [2.45, 2.75) is 0 Å². The second kappa shape index (κ2) is 4.90. The Balaban J connectivity index is 1.99. The van der Waals surface area contributed by atoms with Crippen LogP contribution in [0.2, 0.25) is 0 Å². The average Bonchev–Trinajstić information content (AvgIpc) is 2.49. The van der Waals surface area contributed by atoms with Crippen molar-refractivity contribution in [3.05, 3.63) is 60.3 Å². The van der Waals surface area contributed by atoms with Gasteiger partial charge in [0, 0.05) is 11.1 Å². The first-order valence-corrected chi connectivity index (χ1v) is 6.08. The van der Waals surface area contributed by atoms with Gasteiger partial charge < -0.3 is 10.5 Å². The summed E-state index contributed by atoms with van der Waals surface area (Å²) < 4.78 is 5.72. The van der Waals surface area contributed by atoms with Crippen LogP contribution in [0.25, 0.3) is 10.9 Å². The summed E-state index contributed by atoms with van der Waals surface area (Å²) in [4.78, 5) is 4.32. The minimum absolute atomic E-state index is 0.401. The van der Waals surface area contributed by atoms with Gasteiger partial charge in [0.15, 0.2) is 0 Å². The quantitative estimate of drug-likeness (QED) is 0.717. The first-order valence-electron chi connectivity index (χ1n) is 6.08. The monoisotopic (exact) mass is 261 g/mol. The highest BCUT2D eigenvalue weighted by Gasteiger charge is 2.06. The van der Waals surface area contributed by atoms with Gasteiger partial charge >= 0.3 is 0 Å². The van der Waals surface area contributed by atoms with Crippen molar-refractivity contribution >= 4 is 16.6 Å². The van der Waals surface area contributed by atoms with Crippen LogP contribution < -0.4 is 10.5 Å². The average molecular weight is 261 g/mol. The van der Waals surface area contributed by atoms with Gasteiger partial charge in [-0.15, -0.1) is 0 Å². The van der Waals surface area contributed by atoms with Crippen LogP contribution in [0, 0.1) is 11.3 Å². The third kappa shape index (κ3) is 2.25. The minimum Gasteiger partial charge on any atom is -0.454 e. The predicted octanol–water partition coefficient (Wildman–Crippen LogP) is 3.48. The zero-order chi connectivity index (χ0) is 13.9. The van der Waals surface area contributed by atoms with E-state index in [0.717, 1.165) is 10.9 Å². The number of nitrogens with zero attached hydrogens (tertiary/aromatic N) is 2. The van der Waals surface area contributed by atoms with Gasteiger partial charge in [-0.25, -0.2) is 0 Å². The van der Waals surface area contributed by atoms with Crippen molar-refractivity contribution in [3.8, 4) is 17.6 Å². The van der Waals surface area contributed by atoms with Crippen molar-refractivity contribution < 1.29 is 4.74 Å². The maximum atomic E-state index is 9.09. The summed E-state index contributed by atoms with van der Waals surface area (Å²) in [6.45, 7) is 0. The predicted molar refractivity (Wildman–Crippen MR) is 77.4 cm³/mol. The Bertz CT molecular complexity index is 821. The number of nitrogen functional groups attached to an aromatic ring is 1. The van der Waals surface area contributed by atoms with Crippen LogP contribution in [0.15, 0.2) is 54.7 Å². The van der Waals surface area contributed by atoms with Crippen LogP contribution in [-0.4, -0.2) is 4.98 Å². The molecular formula is C16H11N3O. The maximum absolute atomic E-state index is 9.09. The van der Waals surface area contributed by atoms with E-state index in [4.69, 9.17) is 15.7 Å². The molecular weight excluding hydrogens is 250 g/mol. The topological polar surface area (TPSA) is 71.9 Å². The molecule has 4 nitrogen and oxygen atoms in total. The second-order valence-electron chi connectivity index (χ2n) is 4.33. The highest BCUT2D eigenvalue weighted by Crippen LogP contribution is 2.27. The summed E-state index contributed by atoms with van der Waals surface area (Å²) in [5, 5.41) is 10.1. The van der Waals surface area contributed by atoms with Crippen molar-refractivity contribution in [3.63, 3.8) is 0 Å². The van der Waals surface area contributed by atoms with Crippen LogP contribution in [0.3, 0.4) is 0 Å². The summed E-state index contributed by atoms with van der Waals surface area (Å²) in [5.74, 6) is 1.06. The molecule has 0 atom stereocenters. The number of nitrogens with two attached hydrogens (primary N) is 1. The van der Waals surface area contributed by atoms with Gasteiger partial charge in [0.1, 0.15) is 17.6 Å². The smallest absolute Gasteiger partial charge is 0.146 e. The van der Waals surface area contributed by atoms with E-state index in [1.54, 1.807) is 24.4 Å². The second-order valence-corrected chi connectivity index (χ2v) is 4.33. The highest BCUT2D eigenvalue weighted by atomic mass is 16.5. The SMILES string of the molecule is N#Cc1cc(N)ccc1Oc1cnc2ccccc2c1. The third-order valence-electron chi connectivity index (χ3n) is 2.92. The summed E-state index contributed by atoms with van der Waals surface area (Å²) in [6, 6.07) is 16.7. The molecule has 0 saturated heterocycles. The van der Waals surface area contributed by atoms with Crippen LogP contribution in [0.5, 0.6) is 11.5 Å². The van der Waals surface area contributed by atoms with Crippen LogP contribution in [0.4, 0.5) is 5.69 Å². The standard InChI is InChI=1S/C16H11N3O/c17-9-12-7-13(18)5-6-16(12)20-14-8-11-3-1-2-4-15(11)19-10-14/h1-8,10H,18H2. The number of ether oxygens (including phenoxy) is 1. The number of fused-ring (bicyclic) bond motifs is 1. The van der Waals surface area contributed by atoms with Gasteiger partial charge in [0.05, 0.1) is 17.3 Å². The number of hydrogen-bond acceptors (Lipinski definition) is 4. The molecule has 96 valence electrons. The van der Waals surface area contributed by atoms with E-state index in [9.17, 15) is 0 Å². The van der Waals surface area contributed by atoms with E-state index in [-0.39, 0.29) is 0 Å². The Morgan fingerprint density at radius 1 is 1.10 bits per heavy atom. The zero-order valence-corrected chi connectivity index (χ0v) is 10.6. The van der Waals surface area contributed by atoms with Crippen molar-refractivity contribution in [2.75, 3.05) is 5.73 Å². The molecule has 0 aliphatic carbocycles. The van der Waals surface area contributed by atoms with Crippen molar-refractivity contribution in [1.82, 2.24) is 4.98 Å². The molecule has 0 aliphatic rings. The van der Waals surface area contributed by atoms with E-state index in [2.05, 4.69) is 11.1 Å². The Morgan fingerprint density at radius 2 is 1.95 bits per heavy atom. The molecule has 0 bridgehead atoms. The molecule has 0 spiro atoms. The molecule has 0 unspecified atom stereocenters. The molecule has 0 radical (unpaired) electrons. The van der Waals surface area contributed by atoms with Crippen LogP contribution in [-0.2, 0) is 0 Å². The van der Waals surface area contributed by atoms with Gasteiger partial charge in [-0.05, 0) is 30.3 Å². The number of benzene rings is 2. The minimum atomic E-state index is 0.401. The third-order valence-corrected chi connectivity index (χ3v) is 2.92. The number of aromatic nitrogens is 1. The van der Waals surface area contributed by atoms with E-state index in [1.165, 1.54) is 0 Å². The number of anilines is 1. The van der Waals surface area contributed by atoms with Crippen molar-refractivity contribution in [2.24, 2.45) is 0 Å².